The second-order valence-corrected chi connectivity index (χ2v) is 4.50. The summed E-state index contributed by atoms with van der Waals surface area (Å²) in [5.41, 5.74) is 0. The average molecular weight is 275 g/mol. The van der Waals surface area contributed by atoms with Crippen molar-refractivity contribution in [2.75, 3.05) is 11.9 Å². The van der Waals surface area contributed by atoms with Crippen LogP contribution in [0.3, 0.4) is 0 Å². The molecule has 20 heavy (non-hydrogen) atoms. The standard InChI is InChI=1S/C15H21N3O2/c1-3-5-8-20-15-10-14(17-13(4-2)18-15)16-11-12-7-6-9-19-12/h6-7,9-10H,3-5,8,11H2,1-2H3,(H,16,17,18). The Morgan fingerprint density at radius 1 is 1.30 bits per heavy atom. The van der Waals surface area contributed by atoms with Gasteiger partial charge in [-0.3, -0.25) is 0 Å². The van der Waals surface area contributed by atoms with Crippen molar-refractivity contribution in [3.05, 3.63) is 36.0 Å². The third kappa shape index (κ3) is 4.26. The van der Waals surface area contributed by atoms with Gasteiger partial charge in [-0.05, 0) is 18.6 Å². The summed E-state index contributed by atoms with van der Waals surface area (Å²) in [6.45, 7) is 5.45. The van der Waals surface area contributed by atoms with Gasteiger partial charge in [0, 0.05) is 12.5 Å². The van der Waals surface area contributed by atoms with Crippen molar-refractivity contribution in [2.24, 2.45) is 0 Å². The summed E-state index contributed by atoms with van der Waals surface area (Å²) >= 11 is 0. The van der Waals surface area contributed by atoms with Crippen molar-refractivity contribution in [1.82, 2.24) is 9.97 Å². The quantitative estimate of drug-likeness (QED) is 0.748. The zero-order valence-corrected chi connectivity index (χ0v) is 12.1. The lowest BCUT2D eigenvalue weighted by molar-refractivity contribution is 0.296. The van der Waals surface area contributed by atoms with Crippen LogP contribution in [-0.2, 0) is 13.0 Å². The summed E-state index contributed by atoms with van der Waals surface area (Å²) in [6, 6.07) is 5.62. The number of ether oxygens (including phenoxy) is 1. The molecule has 0 aliphatic heterocycles. The van der Waals surface area contributed by atoms with E-state index in [2.05, 4.69) is 22.2 Å². The van der Waals surface area contributed by atoms with E-state index in [0.717, 1.165) is 36.7 Å². The number of rotatable bonds is 8. The minimum Gasteiger partial charge on any atom is -0.478 e. The van der Waals surface area contributed by atoms with Crippen LogP contribution in [0.15, 0.2) is 28.9 Å². The van der Waals surface area contributed by atoms with Gasteiger partial charge >= 0.3 is 0 Å². The summed E-state index contributed by atoms with van der Waals surface area (Å²) in [5, 5.41) is 3.23. The fourth-order valence-electron chi connectivity index (χ4n) is 1.71. The van der Waals surface area contributed by atoms with Crippen LogP contribution in [0.1, 0.15) is 38.3 Å². The highest BCUT2D eigenvalue weighted by atomic mass is 16.5. The van der Waals surface area contributed by atoms with E-state index < -0.39 is 0 Å². The van der Waals surface area contributed by atoms with E-state index in [1.54, 1.807) is 6.26 Å². The highest BCUT2D eigenvalue weighted by molar-refractivity contribution is 5.38. The van der Waals surface area contributed by atoms with Crippen molar-refractivity contribution < 1.29 is 9.15 Å². The van der Waals surface area contributed by atoms with Gasteiger partial charge in [-0.1, -0.05) is 20.3 Å². The summed E-state index contributed by atoms with van der Waals surface area (Å²) < 4.78 is 10.9. The molecule has 0 spiro atoms. The Balaban J connectivity index is 2.01. The number of nitrogens with one attached hydrogen (secondary N) is 1. The van der Waals surface area contributed by atoms with Gasteiger partial charge in [-0.15, -0.1) is 0 Å². The molecule has 0 fully saturated rings. The van der Waals surface area contributed by atoms with E-state index in [1.807, 2.05) is 25.1 Å². The van der Waals surface area contributed by atoms with Gasteiger partial charge in [0.25, 0.3) is 0 Å². The third-order valence-corrected chi connectivity index (χ3v) is 2.84. The molecule has 1 N–H and O–H groups in total. The molecular weight excluding hydrogens is 254 g/mol. The van der Waals surface area contributed by atoms with E-state index in [4.69, 9.17) is 9.15 Å². The molecule has 2 aromatic heterocycles. The van der Waals surface area contributed by atoms with Gasteiger partial charge in [0.1, 0.15) is 17.4 Å². The number of furan rings is 1. The van der Waals surface area contributed by atoms with Gasteiger partial charge in [-0.2, -0.15) is 4.98 Å². The normalized spacial score (nSPS) is 10.5. The van der Waals surface area contributed by atoms with E-state index in [0.29, 0.717) is 19.0 Å². The molecule has 2 heterocycles. The molecule has 0 aliphatic carbocycles. The van der Waals surface area contributed by atoms with Crippen molar-refractivity contribution in [3.8, 4) is 5.88 Å². The van der Waals surface area contributed by atoms with Gasteiger partial charge in [0.2, 0.25) is 5.88 Å². The highest BCUT2D eigenvalue weighted by Gasteiger charge is 2.05. The van der Waals surface area contributed by atoms with E-state index >= 15 is 0 Å². The predicted molar refractivity (Wildman–Crippen MR) is 77.8 cm³/mol. The molecule has 0 amide bonds. The van der Waals surface area contributed by atoms with Crippen LogP contribution in [0.4, 0.5) is 5.82 Å². The molecule has 2 aromatic rings. The number of hydrogen-bond donors (Lipinski definition) is 1. The van der Waals surface area contributed by atoms with E-state index in [-0.39, 0.29) is 0 Å². The third-order valence-electron chi connectivity index (χ3n) is 2.84. The fourth-order valence-corrected chi connectivity index (χ4v) is 1.71. The van der Waals surface area contributed by atoms with Gasteiger partial charge in [0.05, 0.1) is 19.4 Å². The van der Waals surface area contributed by atoms with Crippen LogP contribution >= 0.6 is 0 Å². The Hall–Kier alpha value is -2.04. The lowest BCUT2D eigenvalue weighted by Gasteiger charge is -2.09. The van der Waals surface area contributed by atoms with Gasteiger partial charge in [-0.25, -0.2) is 4.98 Å². The molecule has 0 radical (unpaired) electrons. The maximum Gasteiger partial charge on any atom is 0.218 e. The number of aryl methyl sites for hydroxylation is 1. The molecule has 5 nitrogen and oxygen atoms in total. The Kier molecular flexibility index (Phi) is 5.41. The number of hydrogen-bond acceptors (Lipinski definition) is 5. The minimum atomic E-state index is 0.599. The van der Waals surface area contributed by atoms with Crippen LogP contribution in [-0.4, -0.2) is 16.6 Å². The lowest BCUT2D eigenvalue weighted by atomic mass is 10.3. The topological polar surface area (TPSA) is 60.2 Å². The first-order chi connectivity index (χ1) is 9.81. The van der Waals surface area contributed by atoms with E-state index in [1.165, 1.54) is 0 Å². The van der Waals surface area contributed by atoms with Crippen molar-refractivity contribution in [1.29, 1.82) is 0 Å². The van der Waals surface area contributed by atoms with Crippen LogP contribution in [0.25, 0.3) is 0 Å². The highest BCUT2D eigenvalue weighted by Crippen LogP contribution is 2.15. The lowest BCUT2D eigenvalue weighted by Crippen LogP contribution is -2.06. The Bertz CT molecular complexity index is 512. The molecular formula is C15H21N3O2. The number of anilines is 1. The molecule has 0 aromatic carbocycles. The van der Waals surface area contributed by atoms with Crippen LogP contribution in [0, 0.1) is 0 Å². The molecule has 0 saturated heterocycles. The fraction of sp³-hybridized carbons (Fsp3) is 0.467. The number of nitrogens with zero attached hydrogens (tertiary/aromatic N) is 2. The van der Waals surface area contributed by atoms with Crippen molar-refractivity contribution in [2.45, 2.75) is 39.7 Å². The molecule has 108 valence electrons. The Morgan fingerprint density at radius 2 is 2.20 bits per heavy atom. The maximum absolute atomic E-state index is 5.65. The molecule has 0 unspecified atom stereocenters. The number of aromatic nitrogens is 2. The largest absolute Gasteiger partial charge is 0.478 e. The summed E-state index contributed by atoms with van der Waals surface area (Å²) in [7, 11) is 0. The zero-order chi connectivity index (χ0) is 14.2. The predicted octanol–water partition coefficient (Wildman–Crippen LogP) is 3.42. The first kappa shape index (κ1) is 14.4. The minimum absolute atomic E-state index is 0.599. The average Bonchev–Trinajstić information content (AvgIpc) is 2.98. The Morgan fingerprint density at radius 3 is 2.90 bits per heavy atom. The van der Waals surface area contributed by atoms with Crippen LogP contribution < -0.4 is 10.1 Å². The second-order valence-electron chi connectivity index (χ2n) is 4.50. The smallest absolute Gasteiger partial charge is 0.218 e. The first-order valence-corrected chi connectivity index (χ1v) is 7.08. The van der Waals surface area contributed by atoms with E-state index in [9.17, 15) is 0 Å². The molecule has 0 saturated carbocycles. The zero-order valence-electron chi connectivity index (χ0n) is 12.1. The maximum atomic E-state index is 5.65. The van der Waals surface area contributed by atoms with Crippen LogP contribution in [0.2, 0.25) is 0 Å². The summed E-state index contributed by atoms with van der Waals surface area (Å²) in [4.78, 5) is 8.81. The van der Waals surface area contributed by atoms with Crippen molar-refractivity contribution in [3.63, 3.8) is 0 Å². The summed E-state index contributed by atoms with van der Waals surface area (Å²) in [6.07, 6.45) is 4.57. The molecule has 5 heteroatoms. The monoisotopic (exact) mass is 275 g/mol. The Labute approximate surface area is 119 Å². The summed E-state index contributed by atoms with van der Waals surface area (Å²) in [5.74, 6) is 3.04. The SMILES string of the molecule is CCCCOc1cc(NCc2ccco2)nc(CC)n1. The first-order valence-electron chi connectivity index (χ1n) is 7.08. The molecule has 0 atom stereocenters. The second kappa shape index (κ2) is 7.53. The number of unbranched alkanes of at least 4 members (excludes halogenated alkanes) is 1. The van der Waals surface area contributed by atoms with Gasteiger partial charge < -0.3 is 14.5 Å². The van der Waals surface area contributed by atoms with Gasteiger partial charge in [0.15, 0.2) is 0 Å². The molecule has 2 rings (SSSR count). The van der Waals surface area contributed by atoms with Crippen LogP contribution in [0.5, 0.6) is 5.88 Å². The molecule has 0 bridgehead atoms. The molecule has 0 aliphatic rings. The van der Waals surface area contributed by atoms with Crippen molar-refractivity contribution >= 4 is 5.82 Å².